The second-order valence-electron chi connectivity index (χ2n) is 19.2. The summed E-state index contributed by atoms with van der Waals surface area (Å²) in [5.41, 5.74) is 8.59. The Labute approximate surface area is 425 Å². The van der Waals surface area contributed by atoms with Crippen molar-refractivity contribution in [2.24, 2.45) is 0 Å². The number of carbonyl (C=O) groups is 3. The van der Waals surface area contributed by atoms with Crippen LogP contribution in [0.2, 0.25) is 0 Å². The van der Waals surface area contributed by atoms with Crippen LogP contribution in [0.5, 0.6) is 17.2 Å². The standard InChI is InChI=1S/C58H62N6O9/c1-60(2)43-17-20-47-51(30-43)72-52-31-44(61(3)4)18-21-48(52)54(47)46-19-16-40(29-49(46)58(69)73-70-5)56(67)59-22-10-7-11-23-62-24-26-63(27-25-62)34-39-14-15-41-35-64(36-42(41)28-39)57(68)55-50(66)32-45(65)33-53(55)71-37-38-12-8-6-9-13-38/h6,8-9,12-21,28-33H,7,10-11,22-27,34-37H2,1-5H3,(H2-,59,65,66,67,68)/p+1. The van der Waals surface area contributed by atoms with Crippen LogP contribution in [0.1, 0.15) is 72.6 Å². The highest BCUT2D eigenvalue weighted by atomic mass is 17.2. The van der Waals surface area contributed by atoms with Gasteiger partial charge >= 0.3 is 5.97 Å². The van der Waals surface area contributed by atoms with E-state index in [1.54, 1.807) is 23.1 Å². The lowest BCUT2D eigenvalue weighted by Crippen LogP contribution is -2.46. The molecule has 5 aromatic rings. The first-order valence-electron chi connectivity index (χ1n) is 24.8. The van der Waals surface area contributed by atoms with Gasteiger partial charge in [-0.25, -0.2) is 9.37 Å². The number of rotatable bonds is 17. The van der Waals surface area contributed by atoms with Crippen LogP contribution < -0.4 is 24.9 Å². The zero-order valence-corrected chi connectivity index (χ0v) is 42.2. The van der Waals surface area contributed by atoms with Crippen LogP contribution in [0.15, 0.2) is 120 Å². The fraction of sp³-hybridized carbons (Fsp3) is 0.310. The zero-order valence-electron chi connectivity index (χ0n) is 42.2. The molecule has 2 amide bonds. The molecule has 0 radical (unpaired) electrons. The number of piperazine rings is 1. The predicted octanol–water partition coefficient (Wildman–Crippen LogP) is 7.88. The lowest BCUT2D eigenvalue weighted by molar-refractivity contribution is -0.216. The predicted molar refractivity (Wildman–Crippen MR) is 281 cm³/mol. The van der Waals surface area contributed by atoms with Crippen molar-refractivity contribution in [3.8, 4) is 39.7 Å². The van der Waals surface area contributed by atoms with Crippen LogP contribution in [-0.4, -0.2) is 117 Å². The number of nitrogens with one attached hydrogen (secondary N) is 1. The van der Waals surface area contributed by atoms with Crippen LogP contribution in [0.3, 0.4) is 0 Å². The molecule has 4 aliphatic rings. The molecule has 15 nitrogen and oxygen atoms in total. The lowest BCUT2D eigenvalue weighted by atomic mass is 9.89. The molecule has 1 aliphatic carbocycles. The summed E-state index contributed by atoms with van der Waals surface area (Å²) in [6.45, 7) is 7.14. The van der Waals surface area contributed by atoms with E-state index in [-0.39, 0.29) is 46.8 Å². The Morgan fingerprint density at radius 1 is 0.767 bits per heavy atom. The van der Waals surface area contributed by atoms with Crippen molar-refractivity contribution >= 4 is 34.4 Å². The van der Waals surface area contributed by atoms with E-state index in [4.69, 9.17) is 18.9 Å². The number of hydrogen-bond acceptors (Lipinski definition) is 12. The number of benzene rings is 6. The molecule has 0 bridgehead atoms. The average molecular weight is 988 g/mol. The van der Waals surface area contributed by atoms with Gasteiger partial charge in [-0.2, -0.15) is 4.89 Å². The topological polar surface area (TPSA) is 160 Å². The maximum absolute atomic E-state index is 13.9. The molecule has 0 aromatic heterocycles. The van der Waals surface area contributed by atoms with Crippen molar-refractivity contribution in [2.45, 2.75) is 45.5 Å². The molecule has 0 unspecified atom stereocenters. The van der Waals surface area contributed by atoms with E-state index in [1.807, 2.05) is 104 Å². The van der Waals surface area contributed by atoms with Crippen molar-refractivity contribution in [3.05, 3.63) is 160 Å². The third kappa shape index (κ3) is 11.5. The summed E-state index contributed by atoms with van der Waals surface area (Å²) in [5.74, 6) is -1.07. The number of unbranched alkanes of at least 4 members (excludes halogenated alkanes) is 2. The summed E-state index contributed by atoms with van der Waals surface area (Å²) in [4.78, 5) is 59.6. The van der Waals surface area contributed by atoms with Gasteiger partial charge in [0.2, 0.25) is 5.36 Å². The van der Waals surface area contributed by atoms with E-state index in [0.717, 1.165) is 103 Å². The minimum atomic E-state index is -0.717. The Bertz CT molecular complexity index is 3200. The van der Waals surface area contributed by atoms with Gasteiger partial charge in [-0.1, -0.05) is 61.0 Å². The number of ether oxygens (including phenoxy) is 1. The molecule has 5 aromatic carbocycles. The monoisotopic (exact) mass is 987 g/mol. The largest absolute Gasteiger partial charge is 0.508 e. The highest BCUT2D eigenvalue weighted by Gasteiger charge is 2.30. The number of anilines is 1. The lowest BCUT2D eigenvalue weighted by Gasteiger charge is -2.34. The number of phenols is 2. The molecule has 9 rings (SSSR count). The van der Waals surface area contributed by atoms with Gasteiger partial charge in [0.1, 0.15) is 54.9 Å². The summed E-state index contributed by atoms with van der Waals surface area (Å²) in [6.07, 6.45) is 2.79. The first kappa shape index (κ1) is 50.2. The van der Waals surface area contributed by atoms with E-state index < -0.39 is 5.97 Å². The number of fused-ring (bicyclic) bond motifs is 3. The fourth-order valence-electron chi connectivity index (χ4n) is 9.78. The Kier molecular flexibility index (Phi) is 15.4. The molecular weight excluding hydrogens is 925 g/mol. The number of phenolic OH excluding ortho intramolecular Hbond substituents is 2. The number of amides is 2. The Morgan fingerprint density at radius 3 is 2.30 bits per heavy atom. The van der Waals surface area contributed by atoms with Gasteiger partial charge in [0, 0.05) is 118 Å². The van der Waals surface area contributed by atoms with Crippen molar-refractivity contribution < 1.29 is 43.5 Å². The van der Waals surface area contributed by atoms with Crippen molar-refractivity contribution in [1.82, 2.24) is 24.6 Å². The maximum Gasteiger partial charge on any atom is 0.373 e. The van der Waals surface area contributed by atoms with E-state index in [1.165, 1.54) is 24.8 Å². The van der Waals surface area contributed by atoms with Gasteiger partial charge in [0.25, 0.3) is 11.8 Å². The molecular formula is C58H63N6O9+. The molecule has 0 atom stereocenters. The van der Waals surface area contributed by atoms with Gasteiger partial charge in [0.15, 0.2) is 0 Å². The van der Waals surface area contributed by atoms with Gasteiger partial charge < -0.3 is 39.4 Å². The first-order valence-corrected chi connectivity index (χ1v) is 24.8. The maximum atomic E-state index is 13.9. The van der Waals surface area contributed by atoms with Crippen LogP contribution in [0.4, 0.5) is 5.69 Å². The Morgan fingerprint density at radius 2 is 1.53 bits per heavy atom. The Balaban J connectivity index is 0.753. The molecule has 0 saturated carbocycles. The van der Waals surface area contributed by atoms with Gasteiger partial charge in [0.05, 0.1) is 18.7 Å². The highest BCUT2D eigenvalue weighted by molar-refractivity contribution is 6.09. The molecule has 378 valence electrons. The summed E-state index contributed by atoms with van der Waals surface area (Å²) in [5, 5.41) is 25.8. The molecule has 1 fully saturated rings. The highest BCUT2D eigenvalue weighted by Crippen LogP contribution is 2.43. The van der Waals surface area contributed by atoms with Crippen LogP contribution in [0, 0.1) is 0 Å². The average Bonchev–Trinajstić information content (AvgIpc) is 3.82. The quantitative estimate of drug-likeness (QED) is 0.0267. The van der Waals surface area contributed by atoms with E-state index in [9.17, 15) is 24.6 Å². The van der Waals surface area contributed by atoms with Gasteiger partial charge in [-0.15, -0.1) is 0 Å². The van der Waals surface area contributed by atoms with Crippen molar-refractivity contribution in [3.63, 3.8) is 0 Å². The molecule has 3 N–H and O–H groups in total. The molecule has 0 spiro atoms. The number of nitrogens with zero attached hydrogens (tertiary/aromatic N) is 5. The molecule has 73 heavy (non-hydrogen) atoms. The minimum Gasteiger partial charge on any atom is -0.508 e. The smallest absolute Gasteiger partial charge is 0.373 e. The number of carbonyl (C=O) groups excluding carboxylic acids is 3. The first-order chi connectivity index (χ1) is 35.3. The normalized spacial score (nSPS) is 13.8. The summed E-state index contributed by atoms with van der Waals surface area (Å²) in [6, 6.07) is 35.5. The second-order valence-corrected chi connectivity index (χ2v) is 19.2. The van der Waals surface area contributed by atoms with E-state index in [2.05, 4.69) is 33.3 Å². The zero-order chi connectivity index (χ0) is 51.2. The SMILES string of the molecule is COOC(=O)c1cc(C(=O)NCCCCCN2CCN(Cc3ccc4c(c3)CN(C(=O)c3c(O)cc(O)cc3OCc3ccccc3)C4)CC2)ccc1-c1c2ccc(=[N+](C)C)cc-2oc2cc(N(C)C)ccc12. The summed E-state index contributed by atoms with van der Waals surface area (Å²) < 4.78 is 14.5. The van der Waals surface area contributed by atoms with Crippen molar-refractivity contribution in [1.29, 1.82) is 0 Å². The fourth-order valence-corrected chi connectivity index (χ4v) is 9.78. The summed E-state index contributed by atoms with van der Waals surface area (Å²) in [7, 11) is 9.15. The van der Waals surface area contributed by atoms with E-state index in [0.29, 0.717) is 42.1 Å². The summed E-state index contributed by atoms with van der Waals surface area (Å²) >= 11 is 0. The molecule has 3 heterocycles. The number of hydrogen-bond donors (Lipinski definition) is 3. The van der Waals surface area contributed by atoms with Gasteiger partial charge in [-0.05, 0) is 77.5 Å². The number of aromatic hydroxyl groups is 2. The van der Waals surface area contributed by atoms with Gasteiger partial charge in [-0.3, -0.25) is 19.4 Å². The minimum absolute atomic E-state index is 0.0375. The third-order valence-corrected chi connectivity index (χ3v) is 13.8. The van der Waals surface area contributed by atoms with E-state index >= 15 is 0 Å². The van der Waals surface area contributed by atoms with Crippen LogP contribution in [-0.2, 0) is 36.0 Å². The third-order valence-electron chi connectivity index (χ3n) is 13.8. The molecule has 3 aliphatic heterocycles. The second kappa shape index (κ2) is 22.4. The van der Waals surface area contributed by atoms with Crippen molar-refractivity contribution in [2.75, 3.05) is 79.5 Å². The van der Waals surface area contributed by atoms with Crippen LogP contribution >= 0.6 is 0 Å². The Hall–Kier alpha value is -7.72. The molecule has 15 heteroatoms. The molecule has 1 saturated heterocycles. The van der Waals surface area contributed by atoms with Crippen LogP contribution in [0.25, 0.3) is 33.4 Å².